The Labute approximate surface area is 183 Å². The molecule has 0 spiro atoms. The van der Waals surface area contributed by atoms with Crippen LogP contribution in [0.3, 0.4) is 0 Å². The monoisotopic (exact) mass is 443 g/mol. The number of nitrogens with two attached hydrogens (primary N) is 1. The van der Waals surface area contributed by atoms with Crippen LogP contribution in [0.2, 0.25) is 0 Å². The van der Waals surface area contributed by atoms with Gasteiger partial charge in [0.25, 0.3) is 5.91 Å². The normalized spacial score (nSPS) is 16.1. The van der Waals surface area contributed by atoms with Gasteiger partial charge in [-0.3, -0.25) is 9.59 Å². The van der Waals surface area contributed by atoms with E-state index in [1.54, 1.807) is 24.1 Å². The fourth-order valence-electron chi connectivity index (χ4n) is 3.95. The van der Waals surface area contributed by atoms with Crippen LogP contribution in [-0.4, -0.2) is 50.2 Å². The number of piperidine rings is 1. The number of aryl methyl sites for hydroxylation is 1. The first-order chi connectivity index (χ1) is 14.6. The summed E-state index contributed by atoms with van der Waals surface area (Å²) < 4.78 is 22.9. The molecule has 0 bridgehead atoms. The topological polar surface area (TPSA) is 101 Å². The number of benzene rings is 2. The van der Waals surface area contributed by atoms with Gasteiger partial charge < -0.3 is 9.80 Å². The van der Waals surface area contributed by atoms with Crippen molar-refractivity contribution in [3.63, 3.8) is 0 Å². The summed E-state index contributed by atoms with van der Waals surface area (Å²) in [5.74, 6) is -0.0938. The molecular weight excluding hydrogens is 414 g/mol. The molecule has 2 aromatic rings. The van der Waals surface area contributed by atoms with Crippen LogP contribution in [0.1, 0.15) is 47.3 Å². The Morgan fingerprint density at radius 3 is 2.19 bits per heavy atom. The van der Waals surface area contributed by atoms with Crippen LogP contribution < -0.4 is 5.14 Å². The van der Waals surface area contributed by atoms with E-state index in [2.05, 4.69) is 0 Å². The van der Waals surface area contributed by atoms with Crippen molar-refractivity contribution >= 4 is 21.8 Å². The summed E-state index contributed by atoms with van der Waals surface area (Å²) >= 11 is 0. The smallest absolute Gasteiger partial charge is 0.254 e. The van der Waals surface area contributed by atoms with Crippen LogP contribution in [0.5, 0.6) is 0 Å². The van der Waals surface area contributed by atoms with Crippen molar-refractivity contribution in [2.45, 2.75) is 37.6 Å². The zero-order chi connectivity index (χ0) is 22.8. The average Bonchev–Trinajstić information content (AvgIpc) is 2.77. The van der Waals surface area contributed by atoms with Crippen molar-refractivity contribution in [1.82, 2.24) is 9.80 Å². The number of hydrogen-bond donors (Lipinski definition) is 1. The Hall–Kier alpha value is -2.71. The predicted octanol–water partition coefficient (Wildman–Crippen LogP) is 2.71. The number of hydrogen-bond acceptors (Lipinski definition) is 4. The van der Waals surface area contributed by atoms with E-state index in [1.807, 2.05) is 43.0 Å². The van der Waals surface area contributed by atoms with Crippen LogP contribution in [0.15, 0.2) is 53.4 Å². The molecule has 166 valence electrons. The molecule has 1 heterocycles. The number of sulfonamides is 1. The molecule has 8 heteroatoms. The molecule has 0 aliphatic carbocycles. The van der Waals surface area contributed by atoms with Gasteiger partial charge >= 0.3 is 0 Å². The van der Waals surface area contributed by atoms with Crippen molar-refractivity contribution in [2.24, 2.45) is 11.1 Å². The number of carbonyl (C=O) groups excluding carboxylic acids is 2. The number of nitrogens with zero attached hydrogens (tertiary/aromatic N) is 2. The summed E-state index contributed by atoms with van der Waals surface area (Å²) in [5.41, 5.74) is 2.49. The van der Waals surface area contributed by atoms with Crippen LogP contribution in [0, 0.1) is 12.8 Å². The van der Waals surface area contributed by atoms with Gasteiger partial charge in [0, 0.05) is 31.6 Å². The molecule has 1 saturated heterocycles. The molecule has 1 fully saturated rings. The van der Waals surface area contributed by atoms with Crippen molar-refractivity contribution in [3.8, 4) is 0 Å². The lowest BCUT2D eigenvalue weighted by Gasteiger charge is -2.35. The van der Waals surface area contributed by atoms with Gasteiger partial charge in [-0.05, 0) is 56.0 Å². The van der Waals surface area contributed by atoms with E-state index < -0.39 is 10.0 Å². The fourth-order valence-corrected chi connectivity index (χ4v) is 4.47. The van der Waals surface area contributed by atoms with E-state index >= 15 is 0 Å². The summed E-state index contributed by atoms with van der Waals surface area (Å²) in [7, 11) is -1.99. The summed E-state index contributed by atoms with van der Waals surface area (Å²) in [6.45, 7) is 4.93. The van der Waals surface area contributed by atoms with Crippen molar-refractivity contribution in [3.05, 3.63) is 65.2 Å². The maximum absolute atomic E-state index is 13.0. The second-order valence-corrected chi connectivity index (χ2v) is 9.68. The highest BCUT2D eigenvalue weighted by Gasteiger charge is 2.31. The largest absolute Gasteiger partial charge is 0.339 e. The summed E-state index contributed by atoms with van der Waals surface area (Å²) in [5, 5.41) is 5.15. The van der Waals surface area contributed by atoms with Gasteiger partial charge in [0.05, 0.1) is 10.9 Å². The molecule has 0 unspecified atom stereocenters. The molecule has 1 aliphatic heterocycles. The zero-order valence-corrected chi connectivity index (χ0v) is 18.9. The molecule has 0 aromatic heterocycles. The Kier molecular flexibility index (Phi) is 6.81. The molecule has 0 saturated carbocycles. The molecule has 7 nitrogen and oxygen atoms in total. The Bertz CT molecular complexity index is 1060. The van der Waals surface area contributed by atoms with Crippen LogP contribution in [0.25, 0.3) is 0 Å². The van der Waals surface area contributed by atoms with E-state index in [0.29, 0.717) is 31.5 Å². The molecule has 0 radical (unpaired) electrons. The van der Waals surface area contributed by atoms with Crippen molar-refractivity contribution in [2.75, 3.05) is 20.1 Å². The molecular formula is C23H29N3O4S. The minimum Gasteiger partial charge on any atom is -0.339 e. The second-order valence-electron chi connectivity index (χ2n) is 8.12. The first-order valence-electron chi connectivity index (χ1n) is 10.3. The van der Waals surface area contributed by atoms with Gasteiger partial charge in [-0.1, -0.05) is 30.3 Å². The lowest BCUT2D eigenvalue weighted by Crippen LogP contribution is -2.44. The van der Waals surface area contributed by atoms with Gasteiger partial charge in [-0.15, -0.1) is 0 Å². The number of rotatable bonds is 5. The third-order valence-electron chi connectivity index (χ3n) is 6.13. The molecule has 2 N–H and O–H groups in total. The third-order valence-corrected chi connectivity index (χ3v) is 7.06. The molecule has 3 rings (SSSR count). The number of primary sulfonamides is 1. The lowest BCUT2D eigenvalue weighted by molar-refractivity contribution is -0.137. The quantitative estimate of drug-likeness (QED) is 0.768. The number of carbonyl (C=O) groups is 2. The van der Waals surface area contributed by atoms with E-state index in [0.717, 1.165) is 11.1 Å². The van der Waals surface area contributed by atoms with E-state index in [-0.39, 0.29) is 28.7 Å². The van der Waals surface area contributed by atoms with Crippen LogP contribution >= 0.6 is 0 Å². The fraction of sp³-hybridized carbons (Fsp3) is 0.391. The average molecular weight is 444 g/mol. The van der Waals surface area contributed by atoms with Gasteiger partial charge in [-0.25, -0.2) is 13.6 Å². The molecule has 2 aromatic carbocycles. The summed E-state index contributed by atoms with van der Waals surface area (Å²) in [4.78, 5) is 29.4. The SMILES string of the molecule is Cc1ccccc1C(=O)N1CCC(C(=O)N(C)[C@H](C)c2ccc(S(N)(=O)=O)cc2)CC1. The first kappa shape index (κ1) is 23.0. The van der Waals surface area contributed by atoms with E-state index in [4.69, 9.17) is 5.14 Å². The third kappa shape index (κ3) is 5.14. The maximum Gasteiger partial charge on any atom is 0.254 e. The highest BCUT2D eigenvalue weighted by molar-refractivity contribution is 7.89. The van der Waals surface area contributed by atoms with Gasteiger partial charge in [0.2, 0.25) is 15.9 Å². The van der Waals surface area contributed by atoms with Crippen molar-refractivity contribution < 1.29 is 18.0 Å². The predicted molar refractivity (Wildman–Crippen MR) is 119 cm³/mol. The maximum atomic E-state index is 13.0. The van der Waals surface area contributed by atoms with Gasteiger partial charge in [0.1, 0.15) is 0 Å². The lowest BCUT2D eigenvalue weighted by atomic mass is 9.93. The van der Waals surface area contributed by atoms with E-state index in [1.165, 1.54) is 12.1 Å². The number of likely N-dealkylation sites (tertiary alicyclic amines) is 1. The Morgan fingerprint density at radius 1 is 1.06 bits per heavy atom. The molecule has 1 atom stereocenters. The molecule has 31 heavy (non-hydrogen) atoms. The second kappa shape index (κ2) is 9.20. The zero-order valence-electron chi connectivity index (χ0n) is 18.1. The van der Waals surface area contributed by atoms with Gasteiger partial charge in [-0.2, -0.15) is 0 Å². The van der Waals surface area contributed by atoms with Gasteiger partial charge in [0.15, 0.2) is 0 Å². The summed E-state index contributed by atoms with van der Waals surface area (Å²) in [6.07, 6.45) is 1.25. The highest BCUT2D eigenvalue weighted by Crippen LogP contribution is 2.26. The van der Waals surface area contributed by atoms with E-state index in [9.17, 15) is 18.0 Å². The Balaban J connectivity index is 1.61. The standard InChI is InChI=1S/C23H29N3O4S/c1-16-6-4-5-7-21(16)23(28)26-14-12-19(13-15-26)22(27)25(3)17(2)18-8-10-20(11-9-18)31(24,29)30/h4-11,17,19H,12-15H2,1-3H3,(H2,24,29,30)/t17-/m1/s1. The molecule has 2 amide bonds. The highest BCUT2D eigenvalue weighted by atomic mass is 32.2. The van der Waals surface area contributed by atoms with Crippen molar-refractivity contribution in [1.29, 1.82) is 0 Å². The summed E-state index contributed by atoms with van der Waals surface area (Å²) in [6, 6.07) is 13.6. The Morgan fingerprint density at radius 2 is 1.65 bits per heavy atom. The number of amides is 2. The van der Waals surface area contributed by atoms with Crippen LogP contribution in [0.4, 0.5) is 0 Å². The van der Waals surface area contributed by atoms with Crippen LogP contribution in [-0.2, 0) is 14.8 Å². The molecule has 1 aliphatic rings. The minimum atomic E-state index is -3.75. The minimum absolute atomic E-state index is 0.0145. The first-order valence-corrected chi connectivity index (χ1v) is 11.9.